The number of hydrogen-bond acceptors (Lipinski definition) is 1. The topological polar surface area (TPSA) is 3.24 Å². The summed E-state index contributed by atoms with van der Waals surface area (Å²) in [5.41, 5.74) is 22.6. The fourth-order valence-electron chi connectivity index (χ4n) is 9.54. The number of anilines is 2. The molecule has 0 saturated carbocycles. The lowest BCUT2D eigenvalue weighted by molar-refractivity contribution is 0.842. The van der Waals surface area contributed by atoms with Crippen molar-refractivity contribution in [2.75, 3.05) is 4.90 Å². The molecule has 0 fully saturated rings. The van der Waals surface area contributed by atoms with Crippen molar-refractivity contribution in [3.05, 3.63) is 265 Å². The Bertz CT molecular complexity index is 3090. The van der Waals surface area contributed by atoms with E-state index in [2.05, 4.69) is 248 Å². The first-order valence-corrected chi connectivity index (χ1v) is 21.7. The Hall–Kier alpha value is -7.74. The molecule has 0 bridgehead atoms. The number of benzene rings is 9. The lowest BCUT2D eigenvalue weighted by atomic mass is 9.84. The lowest BCUT2D eigenvalue weighted by Gasteiger charge is -2.30. The minimum absolute atomic E-state index is 0.227. The summed E-state index contributed by atoms with van der Waals surface area (Å²) >= 11 is 0. The van der Waals surface area contributed by atoms with Crippen LogP contribution in [0.1, 0.15) is 29.0 Å². The number of rotatable bonds is 9. The van der Waals surface area contributed by atoms with Crippen molar-refractivity contribution >= 4 is 11.4 Å². The summed E-state index contributed by atoms with van der Waals surface area (Å²) in [6.45, 7) is 0. The standard InChI is InChI=1S/C61H45N/c1-5-15-43(16-6-1)49-29-36-57(45-19-9-3-10-20-45)60(41-49)47-25-31-53(32-26-47)62(55-35-38-59-52(40-55)39-51-23-13-14-24-56(51)59)54-33-27-48(28-34-54)61-42-50(44-17-7-2-8-18-44)30-37-58(61)46-21-11-4-12-22-46/h1-27,29-38,40-42,48H,28,39H2. The van der Waals surface area contributed by atoms with Crippen molar-refractivity contribution in [3.63, 3.8) is 0 Å². The molecule has 9 aromatic carbocycles. The van der Waals surface area contributed by atoms with E-state index in [9.17, 15) is 0 Å². The van der Waals surface area contributed by atoms with Gasteiger partial charge in [0.05, 0.1) is 0 Å². The molecule has 1 unspecified atom stereocenters. The first-order chi connectivity index (χ1) is 30.7. The molecule has 11 rings (SSSR count). The zero-order chi connectivity index (χ0) is 41.2. The SMILES string of the molecule is C1=CC(c2cc(-c3ccccc3)ccc2-c2ccccc2)CC=C1N(c1ccc(-c2cc(-c3ccccc3)ccc2-c2ccccc2)cc1)c1ccc2c(c1)Cc1ccccc1-2. The van der Waals surface area contributed by atoms with Gasteiger partial charge in [0.1, 0.15) is 0 Å². The summed E-state index contributed by atoms with van der Waals surface area (Å²) in [6, 6.07) is 82.0. The molecule has 0 radical (unpaired) electrons. The van der Waals surface area contributed by atoms with E-state index in [1.54, 1.807) is 0 Å². The van der Waals surface area contributed by atoms with Gasteiger partial charge in [-0.2, -0.15) is 0 Å². The predicted molar refractivity (Wildman–Crippen MR) is 261 cm³/mol. The van der Waals surface area contributed by atoms with Crippen molar-refractivity contribution < 1.29 is 0 Å². The van der Waals surface area contributed by atoms with E-state index in [4.69, 9.17) is 0 Å². The third-order valence-corrected chi connectivity index (χ3v) is 12.7. The van der Waals surface area contributed by atoms with E-state index in [-0.39, 0.29) is 5.92 Å². The summed E-state index contributed by atoms with van der Waals surface area (Å²) in [6.07, 6.45) is 9.06. The second kappa shape index (κ2) is 16.4. The van der Waals surface area contributed by atoms with Crippen LogP contribution in [0.3, 0.4) is 0 Å². The molecule has 9 aromatic rings. The van der Waals surface area contributed by atoms with E-state index in [0.717, 1.165) is 18.5 Å². The van der Waals surface area contributed by atoms with Gasteiger partial charge in [0.25, 0.3) is 0 Å². The maximum Gasteiger partial charge on any atom is 0.0464 e. The molecule has 0 heterocycles. The van der Waals surface area contributed by atoms with Crippen LogP contribution in [0.4, 0.5) is 11.4 Å². The lowest BCUT2D eigenvalue weighted by Crippen LogP contribution is -2.17. The first-order valence-electron chi connectivity index (χ1n) is 21.7. The molecular weight excluding hydrogens is 747 g/mol. The molecular formula is C61H45N. The highest BCUT2D eigenvalue weighted by molar-refractivity contribution is 5.88. The molecule has 294 valence electrons. The Morgan fingerprint density at radius 2 is 0.839 bits per heavy atom. The van der Waals surface area contributed by atoms with Crippen LogP contribution in [0.2, 0.25) is 0 Å². The Morgan fingerprint density at radius 1 is 0.339 bits per heavy atom. The van der Waals surface area contributed by atoms with E-state index in [1.807, 2.05) is 0 Å². The van der Waals surface area contributed by atoms with Crippen molar-refractivity contribution in [3.8, 4) is 66.8 Å². The van der Waals surface area contributed by atoms with Crippen molar-refractivity contribution in [2.24, 2.45) is 0 Å². The minimum Gasteiger partial charge on any atom is -0.311 e. The van der Waals surface area contributed by atoms with Crippen LogP contribution >= 0.6 is 0 Å². The van der Waals surface area contributed by atoms with Crippen LogP contribution in [-0.4, -0.2) is 0 Å². The second-order valence-corrected chi connectivity index (χ2v) is 16.4. The van der Waals surface area contributed by atoms with E-state index < -0.39 is 0 Å². The Balaban J connectivity index is 0.987. The average molecular weight is 792 g/mol. The van der Waals surface area contributed by atoms with Gasteiger partial charge in [0.2, 0.25) is 0 Å². The third-order valence-electron chi connectivity index (χ3n) is 12.7. The predicted octanol–water partition coefficient (Wildman–Crippen LogP) is 16.4. The Morgan fingerprint density at radius 3 is 1.48 bits per heavy atom. The van der Waals surface area contributed by atoms with Gasteiger partial charge >= 0.3 is 0 Å². The summed E-state index contributed by atoms with van der Waals surface area (Å²) in [5, 5.41) is 0. The maximum atomic E-state index is 2.46. The third kappa shape index (κ3) is 7.18. The van der Waals surface area contributed by atoms with Crippen molar-refractivity contribution in [1.29, 1.82) is 0 Å². The maximum absolute atomic E-state index is 2.46. The van der Waals surface area contributed by atoms with Crippen LogP contribution in [0.15, 0.2) is 248 Å². The van der Waals surface area contributed by atoms with Gasteiger partial charge in [-0.3, -0.25) is 0 Å². The quantitative estimate of drug-likeness (QED) is 0.141. The first kappa shape index (κ1) is 37.3. The summed E-state index contributed by atoms with van der Waals surface area (Å²) in [5.74, 6) is 0.227. The molecule has 1 heteroatoms. The molecule has 62 heavy (non-hydrogen) atoms. The molecule has 0 saturated heterocycles. The van der Waals surface area contributed by atoms with Crippen molar-refractivity contribution in [1.82, 2.24) is 0 Å². The van der Waals surface area contributed by atoms with E-state index >= 15 is 0 Å². The van der Waals surface area contributed by atoms with Crippen molar-refractivity contribution in [2.45, 2.75) is 18.8 Å². The van der Waals surface area contributed by atoms with E-state index in [1.165, 1.54) is 94.8 Å². The highest BCUT2D eigenvalue weighted by Crippen LogP contribution is 2.44. The average Bonchev–Trinajstić information content (AvgIpc) is 3.73. The molecule has 0 aliphatic heterocycles. The monoisotopic (exact) mass is 791 g/mol. The highest BCUT2D eigenvalue weighted by atomic mass is 15.1. The number of allylic oxidation sites excluding steroid dienone is 3. The molecule has 0 aromatic heterocycles. The normalized spacial score (nSPS) is 13.9. The zero-order valence-corrected chi connectivity index (χ0v) is 34.5. The number of nitrogens with zero attached hydrogens (tertiary/aromatic N) is 1. The fourth-order valence-corrected chi connectivity index (χ4v) is 9.54. The summed E-state index contributed by atoms with van der Waals surface area (Å²) in [4.78, 5) is 2.46. The Kier molecular flexibility index (Phi) is 9.84. The fraction of sp³-hybridized carbons (Fsp3) is 0.0492. The largest absolute Gasteiger partial charge is 0.311 e. The smallest absolute Gasteiger partial charge is 0.0464 e. The zero-order valence-electron chi connectivity index (χ0n) is 34.5. The highest BCUT2D eigenvalue weighted by Gasteiger charge is 2.24. The van der Waals surface area contributed by atoms with Gasteiger partial charge in [0, 0.05) is 23.0 Å². The van der Waals surface area contributed by atoms with Crippen LogP contribution in [0.5, 0.6) is 0 Å². The van der Waals surface area contributed by atoms with Gasteiger partial charge < -0.3 is 4.90 Å². The Labute approximate surface area is 365 Å². The molecule has 1 nitrogen and oxygen atoms in total. The van der Waals surface area contributed by atoms with Gasteiger partial charge in [-0.05, 0) is 139 Å². The van der Waals surface area contributed by atoms with Crippen LogP contribution < -0.4 is 4.90 Å². The molecule has 0 spiro atoms. The molecule has 0 N–H and O–H groups in total. The summed E-state index contributed by atoms with van der Waals surface area (Å²) < 4.78 is 0. The van der Waals surface area contributed by atoms with E-state index in [0.29, 0.717) is 0 Å². The van der Waals surface area contributed by atoms with Crippen LogP contribution in [0, 0.1) is 0 Å². The summed E-state index contributed by atoms with van der Waals surface area (Å²) in [7, 11) is 0. The molecule has 1 atom stereocenters. The van der Waals surface area contributed by atoms with Crippen LogP contribution in [-0.2, 0) is 6.42 Å². The van der Waals surface area contributed by atoms with Gasteiger partial charge in [0.15, 0.2) is 0 Å². The van der Waals surface area contributed by atoms with Gasteiger partial charge in [-0.25, -0.2) is 0 Å². The van der Waals surface area contributed by atoms with Gasteiger partial charge in [-0.15, -0.1) is 0 Å². The number of fused-ring (bicyclic) bond motifs is 3. The number of hydrogen-bond donors (Lipinski definition) is 0. The molecule has 2 aliphatic carbocycles. The molecule has 0 amide bonds. The molecule has 2 aliphatic rings. The minimum atomic E-state index is 0.227. The van der Waals surface area contributed by atoms with Crippen LogP contribution in [0.25, 0.3) is 66.8 Å². The van der Waals surface area contributed by atoms with Gasteiger partial charge in [-0.1, -0.05) is 200 Å². The second-order valence-electron chi connectivity index (χ2n) is 16.4.